The van der Waals surface area contributed by atoms with Gasteiger partial charge in [-0.05, 0) is 47.7 Å². The van der Waals surface area contributed by atoms with Crippen LogP contribution < -0.4 is 0 Å². The number of fused-ring (bicyclic) bond motifs is 1. The van der Waals surface area contributed by atoms with E-state index in [1.54, 1.807) is 6.08 Å². The van der Waals surface area contributed by atoms with Crippen molar-refractivity contribution in [3.8, 4) is 0 Å². The molecule has 0 radical (unpaired) electrons. The van der Waals surface area contributed by atoms with E-state index in [-0.39, 0.29) is 17.3 Å². The second-order valence-corrected chi connectivity index (χ2v) is 7.13. The highest BCUT2D eigenvalue weighted by atomic mass is 32.2. The third-order valence-corrected chi connectivity index (χ3v) is 4.84. The predicted octanol–water partition coefficient (Wildman–Crippen LogP) is 4.23. The van der Waals surface area contributed by atoms with Crippen LogP contribution in [0.3, 0.4) is 0 Å². The molecule has 1 amide bonds. The molecule has 0 saturated carbocycles. The summed E-state index contributed by atoms with van der Waals surface area (Å²) in [7, 11) is 0. The Morgan fingerprint density at radius 2 is 2.00 bits per heavy atom. The lowest BCUT2D eigenvalue weighted by molar-refractivity contribution is -0.114. The number of amidine groups is 2. The molecule has 6 heteroatoms. The monoisotopic (exact) mass is 340 g/mol. The summed E-state index contributed by atoms with van der Waals surface area (Å²) in [5.41, 5.74) is 2.40. The van der Waals surface area contributed by atoms with Gasteiger partial charge in [-0.25, -0.2) is 0 Å². The molecule has 0 spiro atoms. The molecular weight excluding hydrogens is 320 g/mol. The van der Waals surface area contributed by atoms with E-state index >= 15 is 0 Å². The molecule has 3 rings (SSSR count). The van der Waals surface area contributed by atoms with Crippen LogP contribution in [-0.4, -0.2) is 27.0 Å². The Morgan fingerprint density at radius 1 is 1.29 bits per heavy atom. The summed E-state index contributed by atoms with van der Waals surface area (Å²) in [5, 5.41) is 15.6. The van der Waals surface area contributed by atoms with E-state index in [2.05, 4.69) is 30.9 Å². The van der Waals surface area contributed by atoms with Crippen molar-refractivity contribution in [3.63, 3.8) is 0 Å². The number of thioether (sulfide) groups is 1. The van der Waals surface area contributed by atoms with Crippen molar-refractivity contribution in [3.05, 3.63) is 41.0 Å². The fourth-order valence-electron chi connectivity index (χ4n) is 2.49. The molecule has 5 nitrogen and oxygen atoms in total. The number of amides is 1. The quantitative estimate of drug-likeness (QED) is 0.834. The van der Waals surface area contributed by atoms with Crippen molar-refractivity contribution in [1.82, 2.24) is 5.01 Å². The number of hydrazone groups is 1. The third kappa shape index (κ3) is 3.19. The maximum Gasteiger partial charge on any atom is 0.283 e. The topological polar surface area (TPSA) is 68.9 Å². The van der Waals surface area contributed by atoms with Gasteiger partial charge in [-0.15, -0.1) is 0 Å². The van der Waals surface area contributed by atoms with Crippen molar-refractivity contribution >= 4 is 39.8 Å². The normalized spacial score (nSPS) is 19.0. The van der Waals surface area contributed by atoms with Crippen LogP contribution >= 0.6 is 11.8 Å². The summed E-state index contributed by atoms with van der Waals surface area (Å²) in [5.74, 6) is 0.178. The van der Waals surface area contributed by atoms with E-state index in [9.17, 15) is 4.79 Å². The van der Waals surface area contributed by atoms with Gasteiger partial charge >= 0.3 is 0 Å². The van der Waals surface area contributed by atoms with Crippen LogP contribution in [0.25, 0.3) is 6.08 Å². The highest BCUT2D eigenvalue weighted by Crippen LogP contribution is 2.29. The number of hydrogen-bond acceptors (Lipinski definition) is 4. The van der Waals surface area contributed by atoms with Gasteiger partial charge in [0, 0.05) is 0 Å². The molecule has 0 unspecified atom stereocenters. The maximum absolute atomic E-state index is 12.3. The van der Waals surface area contributed by atoms with Crippen LogP contribution in [-0.2, 0) is 4.79 Å². The maximum atomic E-state index is 12.3. The first-order valence-electron chi connectivity index (χ1n) is 8.08. The van der Waals surface area contributed by atoms with Gasteiger partial charge in [0.1, 0.15) is 5.04 Å². The van der Waals surface area contributed by atoms with Gasteiger partial charge in [-0.3, -0.25) is 10.2 Å². The van der Waals surface area contributed by atoms with Gasteiger partial charge in [-0.1, -0.05) is 45.0 Å². The number of hydrogen-bond donors (Lipinski definition) is 1. The zero-order chi connectivity index (χ0) is 17.3. The molecule has 0 bridgehead atoms. The summed E-state index contributed by atoms with van der Waals surface area (Å²) < 4.78 is 0. The fourth-order valence-corrected chi connectivity index (χ4v) is 3.48. The van der Waals surface area contributed by atoms with Crippen LogP contribution in [0.5, 0.6) is 0 Å². The number of rotatable bonds is 4. The van der Waals surface area contributed by atoms with Gasteiger partial charge in [-0.2, -0.15) is 15.1 Å². The van der Waals surface area contributed by atoms with Crippen molar-refractivity contribution in [2.45, 2.75) is 39.5 Å². The molecule has 0 aromatic heterocycles. The Hall–Kier alpha value is -2.21. The molecule has 1 aromatic rings. The number of carbonyl (C=O) groups is 1. The first kappa shape index (κ1) is 16.6. The fraction of sp³-hybridized carbons (Fsp3) is 0.333. The minimum atomic E-state index is -0.375. The summed E-state index contributed by atoms with van der Waals surface area (Å²) in [6, 6.07) is 8.02. The summed E-state index contributed by atoms with van der Waals surface area (Å²) in [6.07, 6.45) is 3.52. The van der Waals surface area contributed by atoms with E-state index in [4.69, 9.17) is 5.41 Å². The lowest BCUT2D eigenvalue weighted by Crippen LogP contribution is -2.35. The summed E-state index contributed by atoms with van der Waals surface area (Å²) in [4.78, 5) is 16.4. The lowest BCUT2D eigenvalue weighted by Gasteiger charge is -2.20. The molecule has 24 heavy (non-hydrogen) atoms. The zero-order valence-corrected chi connectivity index (χ0v) is 14.9. The van der Waals surface area contributed by atoms with Crippen molar-refractivity contribution in [1.29, 1.82) is 5.41 Å². The number of nitrogens with zero attached hydrogens (tertiary/aromatic N) is 3. The SMILES string of the molecule is CCCC1=NN2C(=N)C(=Cc3ccc(C(C)C)cc3)C(=O)N=C2S1. The van der Waals surface area contributed by atoms with E-state index < -0.39 is 0 Å². The first-order valence-corrected chi connectivity index (χ1v) is 8.90. The third-order valence-electron chi connectivity index (χ3n) is 3.87. The molecule has 1 N–H and O–H groups in total. The van der Waals surface area contributed by atoms with Gasteiger partial charge in [0.05, 0.1) is 5.57 Å². The first-order chi connectivity index (χ1) is 11.5. The van der Waals surface area contributed by atoms with Crippen LogP contribution in [0.2, 0.25) is 0 Å². The average Bonchev–Trinajstić information content (AvgIpc) is 2.95. The standard InChI is InChI=1S/C18H20N4OS/c1-4-5-15-21-22-16(19)14(17(23)20-18(22)24-15)10-12-6-8-13(9-7-12)11(2)3/h6-11,19H,4-5H2,1-3H3. The van der Waals surface area contributed by atoms with Gasteiger partial charge in [0.25, 0.3) is 5.91 Å². The minimum Gasteiger partial charge on any atom is -0.282 e. The molecule has 0 fully saturated rings. The zero-order valence-electron chi connectivity index (χ0n) is 14.0. The smallest absolute Gasteiger partial charge is 0.282 e. The second-order valence-electron chi connectivity index (χ2n) is 6.09. The Labute approximate surface area is 146 Å². The van der Waals surface area contributed by atoms with E-state index in [0.717, 1.165) is 23.4 Å². The van der Waals surface area contributed by atoms with Crippen molar-refractivity contribution < 1.29 is 4.79 Å². The van der Waals surface area contributed by atoms with Crippen LogP contribution in [0.4, 0.5) is 0 Å². The van der Waals surface area contributed by atoms with Gasteiger partial charge in [0.15, 0.2) is 5.84 Å². The van der Waals surface area contributed by atoms with Crippen LogP contribution in [0, 0.1) is 5.41 Å². The van der Waals surface area contributed by atoms with Gasteiger partial charge in [0.2, 0.25) is 5.17 Å². The van der Waals surface area contributed by atoms with E-state index in [0.29, 0.717) is 11.1 Å². The predicted molar refractivity (Wildman–Crippen MR) is 100 cm³/mol. The number of aliphatic imine (C=N–C) groups is 1. The van der Waals surface area contributed by atoms with E-state index in [1.807, 2.05) is 24.3 Å². The Balaban J connectivity index is 1.89. The summed E-state index contributed by atoms with van der Waals surface area (Å²) in [6.45, 7) is 6.35. The molecule has 2 aliphatic rings. The van der Waals surface area contributed by atoms with Crippen LogP contribution in [0.1, 0.15) is 50.7 Å². The Kier molecular flexibility index (Phi) is 4.66. The Bertz CT molecular complexity index is 775. The van der Waals surface area contributed by atoms with E-state index in [1.165, 1.54) is 22.3 Å². The van der Waals surface area contributed by atoms with Crippen LogP contribution in [0.15, 0.2) is 39.9 Å². The van der Waals surface area contributed by atoms with Crippen molar-refractivity contribution in [2.75, 3.05) is 0 Å². The molecule has 0 saturated heterocycles. The largest absolute Gasteiger partial charge is 0.283 e. The molecule has 124 valence electrons. The molecule has 1 aromatic carbocycles. The number of benzene rings is 1. The highest BCUT2D eigenvalue weighted by Gasteiger charge is 2.35. The van der Waals surface area contributed by atoms with Crippen molar-refractivity contribution in [2.24, 2.45) is 10.1 Å². The van der Waals surface area contributed by atoms with Gasteiger partial charge < -0.3 is 0 Å². The highest BCUT2D eigenvalue weighted by molar-refractivity contribution is 8.26. The molecule has 0 atom stereocenters. The number of carbonyl (C=O) groups excluding carboxylic acids is 1. The molecule has 2 heterocycles. The minimum absolute atomic E-state index is 0.0940. The average molecular weight is 340 g/mol. The second kappa shape index (κ2) is 6.73. The molecular formula is C18H20N4OS. The Morgan fingerprint density at radius 3 is 2.62 bits per heavy atom. The lowest BCUT2D eigenvalue weighted by atomic mass is 10.0. The number of nitrogens with one attached hydrogen (secondary N) is 1. The summed E-state index contributed by atoms with van der Waals surface area (Å²) >= 11 is 1.38. The molecule has 0 aliphatic carbocycles. The molecule has 2 aliphatic heterocycles.